The molecule has 0 aliphatic rings. The second-order valence-corrected chi connectivity index (χ2v) is 5.68. The van der Waals surface area contributed by atoms with Crippen LogP contribution in [0.4, 0.5) is 0 Å². The molecule has 0 unspecified atom stereocenters. The van der Waals surface area contributed by atoms with E-state index in [0.29, 0.717) is 6.42 Å². The van der Waals surface area contributed by atoms with Crippen LogP contribution in [-0.2, 0) is 10.2 Å². The van der Waals surface area contributed by atoms with E-state index in [1.165, 1.54) is 14.1 Å². The summed E-state index contributed by atoms with van der Waals surface area (Å²) in [4.78, 5) is 0. The molecule has 0 aliphatic heterocycles. The van der Waals surface area contributed by atoms with E-state index >= 15 is 0 Å². The molecule has 14 heavy (non-hydrogen) atoms. The summed E-state index contributed by atoms with van der Waals surface area (Å²) in [7, 11) is -0.451. The molecule has 0 saturated heterocycles. The lowest BCUT2D eigenvalue weighted by atomic mass is 10.0. The molecule has 5 nitrogen and oxygen atoms in total. The van der Waals surface area contributed by atoms with Gasteiger partial charge in [-0.15, -0.1) is 0 Å². The van der Waals surface area contributed by atoms with Crippen molar-refractivity contribution in [3.8, 4) is 0 Å². The van der Waals surface area contributed by atoms with Gasteiger partial charge >= 0.3 is 0 Å². The SMILES string of the molecule is CC(C)[C@H](CCO)NS(=O)(=O)N(C)C. The highest BCUT2D eigenvalue weighted by molar-refractivity contribution is 7.87. The highest BCUT2D eigenvalue weighted by Gasteiger charge is 2.21. The monoisotopic (exact) mass is 224 g/mol. The predicted octanol–water partition coefficient (Wildman–Crippen LogP) is -0.211. The van der Waals surface area contributed by atoms with Crippen molar-refractivity contribution in [1.29, 1.82) is 0 Å². The Kier molecular flexibility index (Phi) is 5.58. The molecule has 0 rings (SSSR count). The molecule has 0 bridgehead atoms. The van der Waals surface area contributed by atoms with Crippen molar-refractivity contribution in [2.45, 2.75) is 26.3 Å². The molecule has 2 N–H and O–H groups in total. The Hall–Kier alpha value is -0.170. The van der Waals surface area contributed by atoms with Crippen molar-refractivity contribution in [2.24, 2.45) is 5.92 Å². The minimum atomic E-state index is -3.39. The van der Waals surface area contributed by atoms with Crippen LogP contribution in [0.1, 0.15) is 20.3 Å². The zero-order chi connectivity index (χ0) is 11.4. The maximum atomic E-state index is 11.5. The van der Waals surface area contributed by atoms with Gasteiger partial charge in [0, 0.05) is 26.7 Å². The molecule has 0 spiro atoms. The van der Waals surface area contributed by atoms with Crippen LogP contribution in [-0.4, -0.2) is 44.6 Å². The van der Waals surface area contributed by atoms with Crippen molar-refractivity contribution in [1.82, 2.24) is 9.03 Å². The zero-order valence-corrected chi connectivity index (χ0v) is 10.0. The van der Waals surface area contributed by atoms with Crippen LogP contribution in [0.15, 0.2) is 0 Å². The second-order valence-electron chi connectivity index (χ2n) is 3.77. The largest absolute Gasteiger partial charge is 0.396 e. The summed E-state index contributed by atoms with van der Waals surface area (Å²) in [6.45, 7) is 3.82. The molecule has 0 heterocycles. The van der Waals surface area contributed by atoms with E-state index in [0.717, 1.165) is 4.31 Å². The summed E-state index contributed by atoms with van der Waals surface area (Å²) in [6, 6.07) is -0.215. The van der Waals surface area contributed by atoms with Crippen molar-refractivity contribution < 1.29 is 13.5 Å². The van der Waals surface area contributed by atoms with E-state index in [1.807, 2.05) is 13.8 Å². The summed E-state index contributed by atoms with van der Waals surface area (Å²) in [6.07, 6.45) is 0.435. The highest BCUT2D eigenvalue weighted by atomic mass is 32.2. The topological polar surface area (TPSA) is 69.6 Å². The molecule has 0 aromatic heterocycles. The zero-order valence-electron chi connectivity index (χ0n) is 9.19. The molecule has 6 heteroatoms. The van der Waals surface area contributed by atoms with Gasteiger partial charge in [0.2, 0.25) is 0 Å². The normalized spacial score (nSPS) is 15.1. The van der Waals surface area contributed by atoms with Crippen molar-refractivity contribution in [2.75, 3.05) is 20.7 Å². The van der Waals surface area contributed by atoms with Crippen molar-refractivity contribution in [3.63, 3.8) is 0 Å². The lowest BCUT2D eigenvalue weighted by molar-refractivity contribution is 0.254. The van der Waals surface area contributed by atoms with E-state index in [2.05, 4.69) is 4.72 Å². The molecule has 0 radical (unpaired) electrons. The van der Waals surface area contributed by atoms with Gasteiger partial charge < -0.3 is 5.11 Å². The Morgan fingerprint density at radius 2 is 1.86 bits per heavy atom. The van der Waals surface area contributed by atoms with E-state index in [9.17, 15) is 8.42 Å². The minimum Gasteiger partial charge on any atom is -0.396 e. The van der Waals surface area contributed by atoms with Gasteiger partial charge in [0.25, 0.3) is 10.2 Å². The number of hydrogen-bond acceptors (Lipinski definition) is 3. The first kappa shape index (κ1) is 13.8. The van der Waals surface area contributed by atoms with Crippen LogP contribution in [0.3, 0.4) is 0 Å². The van der Waals surface area contributed by atoms with E-state index in [4.69, 9.17) is 5.11 Å². The summed E-state index contributed by atoms with van der Waals surface area (Å²) in [5.41, 5.74) is 0. The van der Waals surface area contributed by atoms with E-state index < -0.39 is 10.2 Å². The van der Waals surface area contributed by atoms with Gasteiger partial charge in [-0.1, -0.05) is 13.8 Å². The average molecular weight is 224 g/mol. The Labute approximate surface area is 86.3 Å². The summed E-state index contributed by atoms with van der Waals surface area (Å²) < 4.78 is 26.6. The van der Waals surface area contributed by atoms with Crippen LogP contribution in [0, 0.1) is 5.92 Å². The number of nitrogens with one attached hydrogen (secondary N) is 1. The molecule has 0 aliphatic carbocycles. The standard InChI is InChI=1S/C8H20N2O3S/c1-7(2)8(5-6-11)9-14(12,13)10(3)4/h7-9,11H,5-6H2,1-4H3/t8-/m0/s1. The highest BCUT2D eigenvalue weighted by Crippen LogP contribution is 2.07. The van der Waals surface area contributed by atoms with Crippen LogP contribution < -0.4 is 4.72 Å². The van der Waals surface area contributed by atoms with E-state index in [1.54, 1.807) is 0 Å². The Balaban J connectivity index is 4.45. The number of nitrogens with zero attached hydrogens (tertiary/aromatic N) is 1. The minimum absolute atomic E-state index is 0.0151. The van der Waals surface area contributed by atoms with Gasteiger partial charge in [-0.2, -0.15) is 17.4 Å². The summed E-state index contributed by atoms with van der Waals surface area (Å²) in [5.74, 6) is 0.164. The van der Waals surface area contributed by atoms with Gasteiger partial charge in [-0.3, -0.25) is 0 Å². The summed E-state index contributed by atoms with van der Waals surface area (Å²) >= 11 is 0. The quantitative estimate of drug-likeness (QED) is 0.656. The number of hydrogen-bond donors (Lipinski definition) is 2. The van der Waals surface area contributed by atoms with Gasteiger partial charge in [-0.05, 0) is 12.3 Å². The smallest absolute Gasteiger partial charge is 0.279 e. The molecular weight excluding hydrogens is 204 g/mol. The van der Waals surface area contributed by atoms with Crippen LogP contribution in [0.5, 0.6) is 0 Å². The molecule has 0 aromatic carbocycles. The van der Waals surface area contributed by atoms with Crippen LogP contribution >= 0.6 is 0 Å². The summed E-state index contributed by atoms with van der Waals surface area (Å²) in [5, 5.41) is 8.77. The maximum absolute atomic E-state index is 11.5. The van der Waals surface area contributed by atoms with Crippen LogP contribution in [0.2, 0.25) is 0 Å². The first-order chi connectivity index (χ1) is 6.31. The van der Waals surface area contributed by atoms with E-state index in [-0.39, 0.29) is 18.6 Å². The fraction of sp³-hybridized carbons (Fsp3) is 1.00. The fourth-order valence-corrected chi connectivity index (χ4v) is 1.95. The average Bonchev–Trinajstić information content (AvgIpc) is 2.02. The number of aliphatic hydroxyl groups excluding tert-OH is 1. The third kappa shape index (κ3) is 4.36. The molecule has 0 amide bonds. The molecular formula is C8H20N2O3S. The molecule has 0 aromatic rings. The predicted molar refractivity (Wildman–Crippen MR) is 56.1 cm³/mol. The maximum Gasteiger partial charge on any atom is 0.279 e. The molecule has 0 saturated carbocycles. The molecule has 0 fully saturated rings. The number of rotatable bonds is 6. The van der Waals surface area contributed by atoms with Crippen LogP contribution in [0.25, 0.3) is 0 Å². The van der Waals surface area contributed by atoms with Gasteiger partial charge in [0.15, 0.2) is 0 Å². The number of aliphatic hydroxyl groups is 1. The molecule has 1 atom stereocenters. The lowest BCUT2D eigenvalue weighted by Crippen LogP contribution is -2.44. The van der Waals surface area contributed by atoms with Gasteiger partial charge in [-0.25, -0.2) is 0 Å². The van der Waals surface area contributed by atoms with Gasteiger partial charge in [0.05, 0.1) is 0 Å². The fourth-order valence-electron chi connectivity index (χ4n) is 0.964. The van der Waals surface area contributed by atoms with Crippen molar-refractivity contribution in [3.05, 3.63) is 0 Å². The van der Waals surface area contributed by atoms with Gasteiger partial charge in [0.1, 0.15) is 0 Å². The lowest BCUT2D eigenvalue weighted by Gasteiger charge is -2.23. The Morgan fingerprint density at radius 1 is 1.36 bits per heavy atom. The Bertz CT molecular complexity index is 249. The second kappa shape index (κ2) is 5.65. The third-order valence-corrected chi connectivity index (χ3v) is 3.59. The Morgan fingerprint density at radius 3 is 2.14 bits per heavy atom. The first-order valence-electron chi connectivity index (χ1n) is 4.62. The van der Waals surface area contributed by atoms with Crippen molar-refractivity contribution >= 4 is 10.2 Å². The first-order valence-corrected chi connectivity index (χ1v) is 6.06. The third-order valence-electron chi connectivity index (χ3n) is 2.03. The molecule has 86 valence electrons.